The molecule has 1 aromatic heterocycles. The van der Waals surface area contributed by atoms with Gasteiger partial charge in [0.1, 0.15) is 12.1 Å². The van der Waals surface area contributed by atoms with Gasteiger partial charge in [0.15, 0.2) is 0 Å². The van der Waals surface area contributed by atoms with Crippen molar-refractivity contribution in [2.45, 2.75) is 26.2 Å². The minimum atomic E-state index is 0.638. The van der Waals surface area contributed by atoms with Crippen molar-refractivity contribution >= 4 is 17.3 Å². The van der Waals surface area contributed by atoms with Gasteiger partial charge in [-0.15, -0.1) is 0 Å². The summed E-state index contributed by atoms with van der Waals surface area (Å²) in [7, 11) is 2.02. The van der Waals surface area contributed by atoms with E-state index in [1.54, 1.807) is 0 Å². The van der Waals surface area contributed by atoms with Gasteiger partial charge < -0.3 is 9.36 Å². The van der Waals surface area contributed by atoms with Gasteiger partial charge in [-0.2, -0.15) is 0 Å². The minimum absolute atomic E-state index is 0.638. The molecule has 0 saturated heterocycles. The number of fused-ring (bicyclic) bond motifs is 1. The molecule has 1 heterocycles. The van der Waals surface area contributed by atoms with Gasteiger partial charge in [-0.25, -0.2) is 4.98 Å². The van der Waals surface area contributed by atoms with Crippen LogP contribution in [-0.2, 0) is 18.3 Å². The van der Waals surface area contributed by atoms with E-state index in [9.17, 15) is 4.79 Å². The van der Waals surface area contributed by atoms with Crippen LogP contribution in [0.15, 0.2) is 18.2 Å². The first-order valence-corrected chi connectivity index (χ1v) is 5.58. The fourth-order valence-corrected chi connectivity index (χ4v) is 1.91. The lowest BCUT2D eigenvalue weighted by atomic mass is 10.1. The van der Waals surface area contributed by atoms with E-state index in [1.165, 1.54) is 5.56 Å². The lowest BCUT2D eigenvalue weighted by Crippen LogP contribution is -1.90. The lowest BCUT2D eigenvalue weighted by molar-refractivity contribution is -0.107. The quantitative estimate of drug-likeness (QED) is 0.581. The highest BCUT2D eigenvalue weighted by atomic mass is 16.1. The molecular weight excluding hydrogens is 200 g/mol. The SMILES string of the molecule is Cc1nc2cc(CCCC=O)ccc2n1C. The second kappa shape index (κ2) is 4.47. The van der Waals surface area contributed by atoms with Crippen LogP contribution < -0.4 is 0 Å². The largest absolute Gasteiger partial charge is 0.331 e. The maximum absolute atomic E-state index is 10.2. The van der Waals surface area contributed by atoms with E-state index in [0.29, 0.717) is 6.42 Å². The summed E-state index contributed by atoms with van der Waals surface area (Å²) in [5.41, 5.74) is 3.47. The third-order valence-electron chi connectivity index (χ3n) is 2.96. The summed E-state index contributed by atoms with van der Waals surface area (Å²) in [6, 6.07) is 6.34. The predicted octanol–water partition coefficient (Wildman–Crippen LogP) is 2.40. The van der Waals surface area contributed by atoms with Crippen molar-refractivity contribution in [3.05, 3.63) is 29.6 Å². The summed E-state index contributed by atoms with van der Waals surface area (Å²) >= 11 is 0. The van der Waals surface area contributed by atoms with Crippen LogP contribution in [0.2, 0.25) is 0 Å². The van der Waals surface area contributed by atoms with Crippen LogP contribution in [0.25, 0.3) is 11.0 Å². The topological polar surface area (TPSA) is 34.9 Å². The standard InChI is InChI=1S/C13H16N2O/c1-10-14-12-9-11(5-3-4-8-16)6-7-13(12)15(10)2/h6-9H,3-5H2,1-2H3. The van der Waals surface area contributed by atoms with Crippen molar-refractivity contribution in [3.63, 3.8) is 0 Å². The molecule has 0 saturated carbocycles. The van der Waals surface area contributed by atoms with Gasteiger partial charge in [0, 0.05) is 13.5 Å². The van der Waals surface area contributed by atoms with E-state index < -0.39 is 0 Å². The van der Waals surface area contributed by atoms with Gasteiger partial charge in [0.2, 0.25) is 0 Å². The molecule has 2 rings (SSSR count). The number of aryl methyl sites for hydroxylation is 3. The van der Waals surface area contributed by atoms with Crippen LogP contribution in [0.3, 0.4) is 0 Å². The Bertz CT molecular complexity index is 514. The zero-order chi connectivity index (χ0) is 11.5. The maximum Gasteiger partial charge on any atom is 0.120 e. The molecule has 0 N–H and O–H groups in total. The highest BCUT2D eigenvalue weighted by molar-refractivity contribution is 5.76. The number of carbonyl (C=O) groups excluding carboxylic acids is 1. The average molecular weight is 216 g/mol. The van der Waals surface area contributed by atoms with Gasteiger partial charge in [-0.1, -0.05) is 6.07 Å². The van der Waals surface area contributed by atoms with Crippen molar-refractivity contribution < 1.29 is 4.79 Å². The summed E-state index contributed by atoms with van der Waals surface area (Å²) in [5, 5.41) is 0. The van der Waals surface area contributed by atoms with Crippen molar-refractivity contribution in [2.75, 3.05) is 0 Å². The molecule has 84 valence electrons. The van der Waals surface area contributed by atoms with Crippen molar-refractivity contribution in [1.82, 2.24) is 9.55 Å². The molecule has 3 heteroatoms. The Kier molecular flexibility index (Phi) is 3.04. The predicted molar refractivity (Wildman–Crippen MR) is 64.5 cm³/mol. The first kappa shape index (κ1) is 10.9. The number of unbranched alkanes of at least 4 members (excludes halogenated alkanes) is 1. The molecule has 0 aliphatic rings. The molecule has 16 heavy (non-hydrogen) atoms. The lowest BCUT2D eigenvalue weighted by Gasteiger charge is -2.00. The number of aromatic nitrogens is 2. The van der Waals surface area contributed by atoms with Crippen LogP contribution in [0.1, 0.15) is 24.2 Å². The first-order chi connectivity index (χ1) is 7.72. The Morgan fingerprint density at radius 1 is 1.44 bits per heavy atom. The zero-order valence-corrected chi connectivity index (χ0v) is 9.73. The van der Waals surface area contributed by atoms with Crippen molar-refractivity contribution in [3.8, 4) is 0 Å². The van der Waals surface area contributed by atoms with E-state index in [-0.39, 0.29) is 0 Å². The molecule has 0 radical (unpaired) electrons. The monoisotopic (exact) mass is 216 g/mol. The first-order valence-electron chi connectivity index (χ1n) is 5.58. The number of nitrogens with zero attached hydrogens (tertiary/aromatic N) is 2. The Morgan fingerprint density at radius 2 is 2.25 bits per heavy atom. The smallest absolute Gasteiger partial charge is 0.120 e. The normalized spacial score (nSPS) is 10.9. The molecule has 0 amide bonds. The number of benzene rings is 1. The molecule has 0 fully saturated rings. The van der Waals surface area contributed by atoms with Gasteiger partial charge in [-0.3, -0.25) is 0 Å². The number of hydrogen-bond donors (Lipinski definition) is 0. The van der Waals surface area contributed by atoms with Crippen molar-refractivity contribution in [2.24, 2.45) is 7.05 Å². The Labute approximate surface area is 95.1 Å². The third-order valence-corrected chi connectivity index (χ3v) is 2.96. The van der Waals surface area contributed by atoms with Crippen LogP contribution >= 0.6 is 0 Å². The fourth-order valence-electron chi connectivity index (χ4n) is 1.91. The summed E-state index contributed by atoms with van der Waals surface area (Å²) in [6.45, 7) is 2.01. The molecule has 0 spiro atoms. The molecule has 0 aliphatic heterocycles. The highest BCUT2D eigenvalue weighted by Gasteiger charge is 2.04. The third kappa shape index (κ3) is 1.98. The van der Waals surface area contributed by atoms with E-state index in [2.05, 4.69) is 27.8 Å². The summed E-state index contributed by atoms with van der Waals surface area (Å²) in [5.74, 6) is 1.03. The molecule has 0 bridgehead atoms. The summed E-state index contributed by atoms with van der Waals surface area (Å²) in [6.07, 6.45) is 3.48. The molecule has 1 aromatic carbocycles. The van der Waals surface area contributed by atoms with E-state index in [4.69, 9.17) is 0 Å². The van der Waals surface area contributed by atoms with Gasteiger partial charge in [0.25, 0.3) is 0 Å². The molecule has 0 aliphatic carbocycles. The zero-order valence-electron chi connectivity index (χ0n) is 9.73. The van der Waals surface area contributed by atoms with Gasteiger partial charge >= 0.3 is 0 Å². The number of rotatable bonds is 4. The second-order valence-corrected chi connectivity index (χ2v) is 4.10. The van der Waals surface area contributed by atoms with E-state index in [0.717, 1.165) is 36.0 Å². The number of hydrogen-bond acceptors (Lipinski definition) is 2. The molecule has 0 unspecified atom stereocenters. The van der Waals surface area contributed by atoms with Crippen LogP contribution in [0, 0.1) is 6.92 Å². The average Bonchev–Trinajstić information content (AvgIpc) is 2.55. The van der Waals surface area contributed by atoms with Crippen molar-refractivity contribution in [1.29, 1.82) is 0 Å². The van der Waals surface area contributed by atoms with E-state index in [1.807, 2.05) is 14.0 Å². The Balaban J connectivity index is 2.26. The molecular formula is C13H16N2O. The molecule has 2 aromatic rings. The maximum atomic E-state index is 10.2. The van der Waals surface area contributed by atoms with Crippen LogP contribution in [0.5, 0.6) is 0 Å². The number of aldehydes is 1. The fraction of sp³-hybridized carbons (Fsp3) is 0.385. The van der Waals surface area contributed by atoms with Gasteiger partial charge in [0.05, 0.1) is 11.0 Å². The number of carbonyl (C=O) groups is 1. The Hall–Kier alpha value is -1.64. The van der Waals surface area contributed by atoms with Gasteiger partial charge in [-0.05, 0) is 37.5 Å². The molecule has 0 atom stereocenters. The Morgan fingerprint density at radius 3 is 3.00 bits per heavy atom. The summed E-state index contributed by atoms with van der Waals surface area (Å²) < 4.78 is 2.09. The van der Waals surface area contributed by atoms with Crippen LogP contribution in [-0.4, -0.2) is 15.8 Å². The van der Waals surface area contributed by atoms with E-state index >= 15 is 0 Å². The number of imidazole rings is 1. The minimum Gasteiger partial charge on any atom is -0.331 e. The highest BCUT2D eigenvalue weighted by Crippen LogP contribution is 2.17. The molecule has 3 nitrogen and oxygen atoms in total. The second-order valence-electron chi connectivity index (χ2n) is 4.10. The summed E-state index contributed by atoms with van der Waals surface area (Å²) in [4.78, 5) is 14.7. The van der Waals surface area contributed by atoms with Crippen LogP contribution in [0.4, 0.5) is 0 Å².